The Hall–Kier alpha value is -3.12. The summed E-state index contributed by atoms with van der Waals surface area (Å²) in [4.78, 5) is 17.3. The summed E-state index contributed by atoms with van der Waals surface area (Å²) in [6, 6.07) is 21.4. The van der Waals surface area contributed by atoms with Crippen LogP contribution in [-0.2, 0) is 0 Å². The molecule has 0 aliphatic rings. The minimum Gasteiger partial charge on any atom is -0.496 e. The second-order valence-electron chi connectivity index (χ2n) is 6.22. The number of carbonyl (C=O) groups is 1. The van der Waals surface area contributed by atoms with Gasteiger partial charge in [0.05, 0.1) is 22.9 Å². The molecule has 4 rings (SSSR count). The number of nitrogens with zero attached hydrogens (tertiary/aromatic N) is 1. The molecule has 4 aromatic rings. The Morgan fingerprint density at radius 1 is 1.07 bits per heavy atom. The molecule has 1 amide bonds. The number of methoxy groups -OCH3 is 1. The van der Waals surface area contributed by atoms with Crippen LogP contribution in [0.25, 0.3) is 20.8 Å². The van der Waals surface area contributed by atoms with E-state index in [9.17, 15) is 4.79 Å². The van der Waals surface area contributed by atoms with Gasteiger partial charge in [-0.05, 0) is 42.5 Å². The van der Waals surface area contributed by atoms with Gasteiger partial charge in [-0.1, -0.05) is 29.7 Å². The van der Waals surface area contributed by atoms with Crippen LogP contribution in [0.3, 0.4) is 0 Å². The monoisotopic (exact) mass is 372 g/mol. The van der Waals surface area contributed by atoms with Crippen LogP contribution in [0.5, 0.6) is 5.75 Å². The maximum atomic E-state index is 12.6. The highest BCUT2D eigenvalue weighted by Gasteiger charge is 2.13. The molecule has 0 saturated heterocycles. The zero-order valence-electron chi connectivity index (χ0n) is 15.0. The molecule has 27 heavy (non-hydrogen) atoms. The minimum atomic E-state index is -0.191. The molecule has 0 saturated carbocycles. The molecule has 3 aromatic carbocycles. The fourth-order valence-electron chi connectivity index (χ4n) is 2.89. The van der Waals surface area contributed by atoms with E-state index in [0.29, 0.717) is 11.3 Å². The van der Waals surface area contributed by atoms with E-state index in [1.807, 2.05) is 62.4 Å². The van der Waals surface area contributed by atoms with Crippen LogP contribution in [0.4, 0.5) is 5.69 Å². The van der Waals surface area contributed by atoms with Gasteiger partial charge in [-0.3, -0.25) is 4.79 Å². The normalized spacial score (nSPS) is 10.7. The number of hydrogen-bond donors (Lipinski definition) is 1. The van der Waals surface area contributed by atoms with Crippen molar-refractivity contribution in [1.29, 1.82) is 0 Å². The van der Waals surface area contributed by atoms with E-state index < -0.39 is 0 Å². The summed E-state index contributed by atoms with van der Waals surface area (Å²) in [5.74, 6) is 0.368. The van der Waals surface area contributed by atoms with E-state index in [2.05, 4.69) is 16.4 Å². The molecule has 6 heteroatoms. The predicted molar refractivity (Wildman–Crippen MR) is 114 cm³/mol. The number of anilines is 1. The maximum absolute atomic E-state index is 12.6. The lowest BCUT2D eigenvalue weighted by molar-refractivity contribution is 0.102. The average Bonchev–Trinajstić information content (AvgIpc) is 3.12. The molecule has 1 N–H and O–H groups in total. The Morgan fingerprint density at radius 2 is 1.85 bits per heavy atom. The number of nitrogens with one attached hydrogen (secondary N) is 1. The molecule has 0 unspecified atom stereocenters. The van der Waals surface area contributed by atoms with Gasteiger partial charge in [-0.2, -0.15) is 0 Å². The second kappa shape index (κ2) is 7.25. The SMILES string of the molecule is Bc1ccc(OC)c(C(=O)Nc2ccc(-c3nc4ccccc4s3)cc2)c1. The summed E-state index contributed by atoms with van der Waals surface area (Å²) in [6.07, 6.45) is 0. The zero-order chi connectivity index (χ0) is 18.8. The van der Waals surface area contributed by atoms with E-state index >= 15 is 0 Å². The van der Waals surface area contributed by atoms with E-state index in [1.165, 1.54) is 0 Å². The Labute approximate surface area is 162 Å². The van der Waals surface area contributed by atoms with Crippen LogP contribution < -0.4 is 15.5 Å². The van der Waals surface area contributed by atoms with Gasteiger partial charge in [-0.25, -0.2) is 4.98 Å². The van der Waals surface area contributed by atoms with E-state index in [1.54, 1.807) is 24.5 Å². The Balaban J connectivity index is 1.56. The zero-order valence-corrected chi connectivity index (χ0v) is 15.8. The standard InChI is InChI=1S/C21H17BN2O2S/c1-26-18-11-8-14(22)12-16(18)20(25)23-15-9-6-13(7-10-15)21-24-17-4-2-3-5-19(17)27-21/h2-12H,22H2,1H3,(H,23,25). The fourth-order valence-corrected chi connectivity index (χ4v) is 3.86. The Morgan fingerprint density at radius 3 is 2.59 bits per heavy atom. The topological polar surface area (TPSA) is 51.2 Å². The molecule has 1 aromatic heterocycles. The Kier molecular flexibility index (Phi) is 4.65. The van der Waals surface area contributed by atoms with E-state index in [-0.39, 0.29) is 5.91 Å². The number of rotatable bonds is 4. The molecule has 132 valence electrons. The van der Waals surface area contributed by atoms with Gasteiger partial charge >= 0.3 is 0 Å². The lowest BCUT2D eigenvalue weighted by Gasteiger charge is -2.10. The van der Waals surface area contributed by atoms with Crippen molar-refractivity contribution in [3.05, 3.63) is 72.3 Å². The predicted octanol–water partition coefficient (Wildman–Crippen LogP) is 3.48. The van der Waals surface area contributed by atoms with Crippen LogP contribution >= 0.6 is 11.3 Å². The second-order valence-corrected chi connectivity index (χ2v) is 7.25. The van der Waals surface area contributed by atoms with Crippen LogP contribution in [0.2, 0.25) is 0 Å². The van der Waals surface area contributed by atoms with Crippen molar-refractivity contribution in [2.24, 2.45) is 0 Å². The van der Waals surface area contributed by atoms with E-state index in [4.69, 9.17) is 4.74 Å². The van der Waals surface area contributed by atoms with Crippen molar-refractivity contribution >= 4 is 46.5 Å². The molecule has 0 aliphatic carbocycles. The van der Waals surface area contributed by atoms with Gasteiger partial charge in [0.1, 0.15) is 18.6 Å². The summed E-state index contributed by atoms with van der Waals surface area (Å²) < 4.78 is 6.46. The summed E-state index contributed by atoms with van der Waals surface area (Å²) in [6.45, 7) is 0. The van der Waals surface area contributed by atoms with Crippen molar-refractivity contribution in [3.8, 4) is 16.3 Å². The van der Waals surface area contributed by atoms with Crippen molar-refractivity contribution in [3.63, 3.8) is 0 Å². The number of aromatic nitrogens is 1. The number of carbonyl (C=O) groups excluding carboxylic acids is 1. The van der Waals surface area contributed by atoms with E-state index in [0.717, 1.165) is 31.9 Å². The van der Waals surface area contributed by atoms with Crippen LogP contribution in [0.15, 0.2) is 66.7 Å². The molecular weight excluding hydrogens is 355 g/mol. The first-order valence-corrected chi connectivity index (χ1v) is 9.38. The first-order chi connectivity index (χ1) is 13.1. The number of benzene rings is 3. The first-order valence-electron chi connectivity index (χ1n) is 8.56. The minimum absolute atomic E-state index is 0.191. The average molecular weight is 372 g/mol. The van der Waals surface area contributed by atoms with Gasteiger partial charge < -0.3 is 10.1 Å². The molecule has 1 heterocycles. The lowest BCUT2D eigenvalue weighted by atomic mass is 9.94. The number of para-hydroxylation sites is 1. The fraction of sp³-hybridized carbons (Fsp3) is 0.0476. The molecule has 0 atom stereocenters. The van der Waals surface area contributed by atoms with Crippen LogP contribution in [0.1, 0.15) is 10.4 Å². The van der Waals surface area contributed by atoms with Gasteiger partial charge in [0.15, 0.2) is 0 Å². The lowest BCUT2D eigenvalue weighted by Crippen LogP contribution is -2.16. The van der Waals surface area contributed by atoms with Gasteiger partial charge in [-0.15, -0.1) is 11.3 Å². The van der Waals surface area contributed by atoms with Crippen molar-refractivity contribution in [1.82, 2.24) is 4.98 Å². The van der Waals surface area contributed by atoms with Crippen LogP contribution in [0, 0.1) is 0 Å². The van der Waals surface area contributed by atoms with Crippen LogP contribution in [-0.4, -0.2) is 25.8 Å². The number of amides is 1. The molecule has 0 bridgehead atoms. The summed E-state index contributed by atoms with van der Waals surface area (Å²) in [5, 5.41) is 3.90. The summed E-state index contributed by atoms with van der Waals surface area (Å²) in [7, 11) is 3.51. The number of ether oxygens (including phenoxy) is 1. The highest BCUT2D eigenvalue weighted by Crippen LogP contribution is 2.30. The third-order valence-corrected chi connectivity index (χ3v) is 5.37. The molecule has 0 spiro atoms. The van der Waals surface area contributed by atoms with Crippen molar-refractivity contribution < 1.29 is 9.53 Å². The highest BCUT2D eigenvalue weighted by atomic mass is 32.1. The van der Waals surface area contributed by atoms with Gasteiger partial charge in [0.25, 0.3) is 5.91 Å². The molecule has 0 fully saturated rings. The number of thiazole rings is 1. The number of fused-ring (bicyclic) bond motifs is 1. The van der Waals surface area contributed by atoms with Crippen molar-refractivity contribution in [2.45, 2.75) is 0 Å². The Bertz CT molecular complexity index is 1090. The van der Waals surface area contributed by atoms with Gasteiger partial charge in [0, 0.05) is 11.3 Å². The molecular formula is C21H17BN2O2S. The van der Waals surface area contributed by atoms with Crippen molar-refractivity contribution in [2.75, 3.05) is 12.4 Å². The summed E-state index contributed by atoms with van der Waals surface area (Å²) in [5.41, 5.74) is 4.29. The molecule has 4 nitrogen and oxygen atoms in total. The quantitative estimate of drug-likeness (QED) is 0.558. The maximum Gasteiger partial charge on any atom is 0.259 e. The molecule has 0 aliphatic heterocycles. The first kappa shape index (κ1) is 17.3. The van der Waals surface area contributed by atoms with Gasteiger partial charge in [0.2, 0.25) is 0 Å². The highest BCUT2D eigenvalue weighted by molar-refractivity contribution is 7.21. The largest absolute Gasteiger partial charge is 0.496 e. The molecule has 0 radical (unpaired) electrons. The summed E-state index contributed by atoms with van der Waals surface area (Å²) >= 11 is 1.66. The number of hydrogen-bond acceptors (Lipinski definition) is 4. The third-order valence-electron chi connectivity index (χ3n) is 4.28. The third kappa shape index (κ3) is 3.57. The smallest absolute Gasteiger partial charge is 0.259 e.